The number of aromatic nitrogens is 1. The molecule has 3 rings (SSSR count). The van der Waals surface area contributed by atoms with Crippen LogP contribution in [0.1, 0.15) is 24.1 Å². The molecule has 96 valence electrons. The number of ether oxygens (including phenoxy) is 1. The zero-order valence-corrected chi connectivity index (χ0v) is 10.9. The zero-order chi connectivity index (χ0) is 12.5. The third-order valence-corrected chi connectivity index (χ3v) is 3.92. The molecule has 1 aliphatic rings. The number of fused-ring (bicyclic) bond motifs is 3. The predicted molar refractivity (Wildman–Crippen MR) is 74.2 cm³/mol. The Hall–Kier alpha value is -1.48. The van der Waals surface area contributed by atoms with Crippen LogP contribution in [0.3, 0.4) is 0 Å². The molecule has 0 fully saturated rings. The molecule has 0 unspecified atom stereocenters. The van der Waals surface area contributed by atoms with Crippen LogP contribution in [-0.4, -0.2) is 18.2 Å². The fraction of sp³-hybridized carbons (Fsp3) is 0.467. The molecule has 0 bridgehead atoms. The van der Waals surface area contributed by atoms with E-state index in [-0.39, 0.29) is 0 Å². The van der Waals surface area contributed by atoms with E-state index in [1.807, 2.05) is 0 Å². The van der Waals surface area contributed by atoms with Crippen LogP contribution >= 0.6 is 0 Å². The molecular formula is C15H20N2O. The summed E-state index contributed by atoms with van der Waals surface area (Å²) in [7, 11) is 1.73. The Kier molecular flexibility index (Phi) is 3.00. The van der Waals surface area contributed by atoms with Crippen LogP contribution in [0.4, 0.5) is 0 Å². The Morgan fingerprint density at radius 1 is 1.39 bits per heavy atom. The minimum Gasteiger partial charge on any atom is -0.497 e. The summed E-state index contributed by atoms with van der Waals surface area (Å²) in [5, 5.41) is 1.36. The van der Waals surface area contributed by atoms with Crippen molar-refractivity contribution in [2.75, 3.05) is 13.7 Å². The van der Waals surface area contributed by atoms with Crippen LogP contribution in [-0.2, 0) is 19.4 Å². The van der Waals surface area contributed by atoms with Gasteiger partial charge in [-0.2, -0.15) is 0 Å². The highest BCUT2D eigenvalue weighted by atomic mass is 16.5. The van der Waals surface area contributed by atoms with Gasteiger partial charge in [-0.25, -0.2) is 0 Å². The zero-order valence-electron chi connectivity index (χ0n) is 10.9. The molecule has 2 N–H and O–H groups in total. The average Bonchev–Trinajstić information content (AvgIpc) is 2.97. The van der Waals surface area contributed by atoms with Gasteiger partial charge >= 0.3 is 0 Å². The van der Waals surface area contributed by atoms with Gasteiger partial charge in [-0.15, -0.1) is 0 Å². The molecule has 18 heavy (non-hydrogen) atoms. The molecular weight excluding hydrogens is 224 g/mol. The van der Waals surface area contributed by atoms with E-state index in [0.717, 1.165) is 31.7 Å². The maximum Gasteiger partial charge on any atom is 0.119 e. The lowest BCUT2D eigenvalue weighted by Crippen LogP contribution is -2.01. The van der Waals surface area contributed by atoms with E-state index in [9.17, 15) is 0 Å². The van der Waals surface area contributed by atoms with Crippen LogP contribution in [0, 0.1) is 0 Å². The summed E-state index contributed by atoms with van der Waals surface area (Å²) in [4.78, 5) is 0. The highest BCUT2D eigenvalue weighted by Crippen LogP contribution is 2.34. The Labute approximate surface area is 108 Å². The number of hydrogen-bond acceptors (Lipinski definition) is 2. The van der Waals surface area contributed by atoms with Crippen molar-refractivity contribution in [1.29, 1.82) is 0 Å². The number of nitrogens with two attached hydrogens (primary N) is 1. The molecule has 1 aromatic carbocycles. The molecule has 0 spiro atoms. The van der Waals surface area contributed by atoms with Gasteiger partial charge < -0.3 is 15.0 Å². The third kappa shape index (κ3) is 1.70. The Morgan fingerprint density at radius 3 is 3.06 bits per heavy atom. The standard InChI is InChI=1S/C15H20N2O/c1-18-11-6-7-15-13(10-11)12(4-2-8-16)14-5-3-9-17(14)15/h6-7,10H,2-5,8-9,16H2,1H3. The van der Waals surface area contributed by atoms with Gasteiger partial charge in [0.2, 0.25) is 0 Å². The van der Waals surface area contributed by atoms with Crippen LogP contribution in [0.2, 0.25) is 0 Å². The van der Waals surface area contributed by atoms with Gasteiger partial charge in [0.05, 0.1) is 7.11 Å². The van der Waals surface area contributed by atoms with Crippen molar-refractivity contribution < 1.29 is 4.74 Å². The highest BCUT2D eigenvalue weighted by molar-refractivity contribution is 5.87. The van der Waals surface area contributed by atoms with Crippen LogP contribution < -0.4 is 10.5 Å². The Balaban J connectivity index is 2.16. The summed E-state index contributed by atoms with van der Waals surface area (Å²) in [6.45, 7) is 1.91. The lowest BCUT2D eigenvalue weighted by Gasteiger charge is -2.03. The minimum atomic E-state index is 0.760. The normalized spacial score (nSPS) is 14.1. The van der Waals surface area contributed by atoms with Gasteiger partial charge in [0, 0.05) is 23.1 Å². The van der Waals surface area contributed by atoms with Crippen LogP contribution in [0.25, 0.3) is 10.9 Å². The van der Waals surface area contributed by atoms with Crippen molar-refractivity contribution in [1.82, 2.24) is 4.57 Å². The number of aryl methyl sites for hydroxylation is 2. The first-order chi connectivity index (χ1) is 8.85. The fourth-order valence-corrected chi connectivity index (χ4v) is 3.09. The number of hydrogen-bond donors (Lipinski definition) is 1. The van der Waals surface area contributed by atoms with Gasteiger partial charge in [-0.1, -0.05) is 0 Å². The first-order valence-corrected chi connectivity index (χ1v) is 6.73. The largest absolute Gasteiger partial charge is 0.497 e. The van der Waals surface area contributed by atoms with Crippen molar-refractivity contribution >= 4 is 10.9 Å². The molecule has 0 amide bonds. The van der Waals surface area contributed by atoms with E-state index >= 15 is 0 Å². The first kappa shape index (κ1) is 11.6. The second kappa shape index (κ2) is 4.65. The molecule has 2 aromatic rings. The number of rotatable bonds is 4. The van der Waals surface area contributed by atoms with Crippen molar-refractivity contribution in [3.63, 3.8) is 0 Å². The van der Waals surface area contributed by atoms with E-state index in [1.54, 1.807) is 7.11 Å². The summed E-state index contributed by atoms with van der Waals surface area (Å²) in [5.74, 6) is 0.945. The second-order valence-electron chi connectivity index (χ2n) is 4.96. The summed E-state index contributed by atoms with van der Waals surface area (Å²) in [5.41, 5.74) is 10.0. The lowest BCUT2D eigenvalue weighted by molar-refractivity contribution is 0.415. The lowest BCUT2D eigenvalue weighted by atomic mass is 10.0. The quantitative estimate of drug-likeness (QED) is 0.897. The van der Waals surface area contributed by atoms with Crippen molar-refractivity contribution in [2.45, 2.75) is 32.2 Å². The van der Waals surface area contributed by atoms with Crippen molar-refractivity contribution in [2.24, 2.45) is 5.73 Å². The molecule has 1 aromatic heterocycles. The fourth-order valence-electron chi connectivity index (χ4n) is 3.09. The molecule has 0 saturated heterocycles. The van der Waals surface area contributed by atoms with E-state index in [0.29, 0.717) is 0 Å². The molecule has 0 saturated carbocycles. The molecule has 3 heteroatoms. The third-order valence-electron chi connectivity index (χ3n) is 3.92. The molecule has 1 aliphatic heterocycles. The Bertz CT molecular complexity index is 571. The number of benzene rings is 1. The molecule has 0 aliphatic carbocycles. The smallest absolute Gasteiger partial charge is 0.119 e. The summed E-state index contributed by atoms with van der Waals surface area (Å²) < 4.78 is 7.82. The summed E-state index contributed by atoms with van der Waals surface area (Å²) in [6.07, 6.45) is 4.62. The topological polar surface area (TPSA) is 40.2 Å². The van der Waals surface area contributed by atoms with E-state index < -0.39 is 0 Å². The summed E-state index contributed by atoms with van der Waals surface area (Å²) in [6, 6.07) is 6.42. The second-order valence-corrected chi connectivity index (χ2v) is 4.96. The maximum atomic E-state index is 5.66. The van der Waals surface area contributed by atoms with Crippen molar-refractivity contribution in [3.05, 3.63) is 29.5 Å². The highest BCUT2D eigenvalue weighted by Gasteiger charge is 2.20. The molecule has 2 heterocycles. The minimum absolute atomic E-state index is 0.760. The molecule has 0 atom stereocenters. The van der Waals surface area contributed by atoms with Gasteiger partial charge in [0.1, 0.15) is 5.75 Å². The van der Waals surface area contributed by atoms with Crippen molar-refractivity contribution in [3.8, 4) is 5.75 Å². The van der Waals surface area contributed by atoms with Crippen LogP contribution in [0.15, 0.2) is 18.2 Å². The maximum absolute atomic E-state index is 5.66. The monoisotopic (exact) mass is 244 g/mol. The van der Waals surface area contributed by atoms with Gasteiger partial charge in [0.15, 0.2) is 0 Å². The number of methoxy groups -OCH3 is 1. The van der Waals surface area contributed by atoms with Gasteiger partial charge in [-0.05, 0) is 56.0 Å². The van der Waals surface area contributed by atoms with E-state index in [2.05, 4.69) is 22.8 Å². The summed E-state index contributed by atoms with van der Waals surface area (Å²) >= 11 is 0. The van der Waals surface area contributed by atoms with E-state index in [4.69, 9.17) is 10.5 Å². The molecule has 3 nitrogen and oxygen atoms in total. The SMILES string of the molecule is COc1ccc2c(c1)c(CCCN)c1n2CCC1. The van der Waals surface area contributed by atoms with Crippen LogP contribution in [0.5, 0.6) is 5.75 Å². The average molecular weight is 244 g/mol. The number of nitrogens with zero attached hydrogens (tertiary/aromatic N) is 1. The predicted octanol–water partition coefficient (Wildman–Crippen LogP) is 2.49. The van der Waals surface area contributed by atoms with Gasteiger partial charge in [-0.3, -0.25) is 0 Å². The molecule has 0 radical (unpaired) electrons. The first-order valence-electron chi connectivity index (χ1n) is 6.73. The van der Waals surface area contributed by atoms with E-state index in [1.165, 1.54) is 35.0 Å². The Morgan fingerprint density at radius 2 is 2.28 bits per heavy atom. The van der Waals surface area contributed by atoms with Gasteiger partial charge in [0.25, 0.3) is 0 Å².